The highest BCUT2D eigenvalue weighted by atomic mass is 16.2. The molecule has 2 aliphatic heterocycles. The molecule has 1 N–H and O–H groups in total. The molecule has 1 aromatic carbocycles. The number of hydrogen-bond acceptors (Lipinski definition) is 5. The number of nitrogens with one attached hydrogen (secondary N) is 1. The number of piperazine rings is 1. The van der Waals surface area contributed by atoms with E-state index < -0.39 is 0 Å². The Kier molecular flexibility index (Phi) is 5.53. The van der Waals surface area contributed by atoms with Gasteiger partial charge in [0.15, 0.2) is 0 Å². The highest BCUT2D eigenvalue weighted by Crippen LogP contribution is 2.40. The molecule has 2 amide bonds. The molecule has 5 rings (SSSR count). The largest absolute Gasteiger partial charge is 0.355 e. The molecule has 0 spiro atoms. The van der Waals surface area contributed by atoms with Gasteiger partial charge in [-0.1, -0.05) is 19.1 Å². The van der Waals surface area contributed by atoms with Crippen LogP contribution < -0.4 is 10.2 Å². The molecule has 1 unspecified atom stereocenters. The number of benzene rings is 1. The smallest absolute Gasteiger partial charge is 0.255 e. The van der Waals surface area contributed by atoms with Gasteiger partial charge in [-0.25, -0.2) is 4.98 Å². The van der Waals surface area contributed by atoms with Crippen LogP contribution in [0.3, 0.4) is 0 Å². The molecule has 2 saturated heterocycles. The Morgan fingerprint density at radius 2 is 1.91 bits per heavy atom. The third kappa shape index (κ3) is 4.06. The van der Waals surface area contributed by atoms with Crippen LogP contribution >= 0.6 is 0 Å². The standard InChI is InChI=1S/C26H29N5O2/c1-16-11-21(18-3-4-18)15-28-24(16)30-7-9-31(10-8-30)26(33)22-6-5-19(12-20(22)13-27)23-17(2)14-29-25(23)32/h5-6,11-12,15,17-18,23H,3-4,7-10,14H2,1-2H3,(H,29,32)/t17?,23-/m1/s1. The summed E-state index contributed by atoms with van der Waals surface area (Å²) < 4.78 is 0. The van der Waals surface area contributed by atoms with Crippen molar-refractivity contribution in [3.05, 3.63) is 58.3 Å². The molecule has 1 aromatic heterocycles. The van der Waals surface area contributed by atoms with Crippen LogP contribution in [0.2, 0.25) is 0 Å². The second kappa shape index (κ2) is 8.51. The van der Waals surface area contributed by atoms with E-state index in [1.165, 1.54) is 24.0 Å². The Morgan fingerprint density at radius 3 is 2.52 bits per heavy atom. The van der Waals surface area contributed by atoms with Crippen molar-refractivity contribution in [2.45, 2.75) is 38.5 Å². The molecule has 3 aliphatic rings. The van der Waals surface area contributed by atoms with E-state index in [0.29, 0.717) is 49.8 Å². The lowest BCUT2D eigenvalue weighted by Crippen LogP contribution is -2.49. The van der Waals surface area contributed by atoms with Crippen molar-refractivity contribution in [1.29, 1.82) is 5.26 Å². The first kappa shape index (κ1) is 21.4. The van der Waals surface area contributed by atoms with Crippen LogP contribution in [0.25, 0.3) is 0 Å². The maximum atomic E-state index is 13.2. The van der Waals surface area contributed by atoms with E-state index in [1.54, 1.807) is 12.1 Å². The molecule has 33 heavy (non-hydrogen) atoms. The lowest BCUT2D eigenvalue weighted by Gasteiger charge is -2.36. The molecule has 3 heterocycles. The fraction of sp³-hybridized carbons (Fsp3) is 0.462. The van der Waals surface area contributed by atoms with Crippen molar-refractivity contribution in [1.82, 2.24) is 15.2 Å². The lowest BCUT2D eigenvalue weighted by atomic mass is 9.88. The number of amides is 2. The van der Waals surface area contributed by atoms with E-state index >= 15 is 0 Å². The van der Waals surface area contributed by atoms with Gasteiger partial charge in [-0.15, -0.1) is 0 Å². The number of nitrogens with zero attached hydrogens (tertiary/aromatic N) is 4. The van der Waals surface area contributed by atoms with Gasteiger partial charge in [0.1, 0.15) is 5.82 Å². The molecular formula is C26H29N5O2. The second-order valence-corrected chi connectivity index (χ2v) is 9.58. The minimum atomic E-state index is -0.271. The second-order valence-electron chi connectivity index (χ2n) is 9.58. The van der Waals surface area contributed by atoms with Crippen LogP contribution in [0.5, 0.6) is 0 Å². The Balaban J connectivity index is 1.28. The molecule has 7 nitrogen and oxygen atoms in total. The average molecular weight is 444 g/mol. The van der Waals surface area contributed by atoms with Crippen LogP contribution in [-0.2, 0) is 4.79 Å². The monoisotopic (exact) mass is 443 g/mol. The van der Waals surface area contributed by atoms with Crippen molar-refractivity contribution in [3.63, 3.8) is 0 Å². The average Bonchev–Trinajstić information content (AvgIpc) is 3.63. The van der Waals surface area contributed by atoms with Gasteiger partial charge in [-0.3, -0.25) is 9.59 Å². The Hall–Kier alpha value is -3.40. The molecule has 1 saturated carbocycles. The zero-order chi connectivity index (χ0) is 23.1. The van der Waals surface area contributed by atoms with Crippen LogP contribution in [0, 0.1) is 24.2 Å². The summed E-state index contributed by atoms with van der Waals surface area (Å²) in [5.74, 6) is 1.43. The van der Waals surface area contributed by atoms with Crippen molar-refractivity contribution in [3.8, 4) is 6.07 Å². The van der Waals surface area contributed by atoms with E-state index in [-0.39, 0.29) is 23.7 Å². The number of aromatic nitrogens is 1. The van der Waals surface area contributed by atoms with Gasteiger partial charge < -0.3 is 15.1 Å². The van der Waals surface area contributed by atoms with Gasteiger partial charge in [-0.05, 0) is 60.4 Å². The summed E-state index contributed by atoms with van der Waals surface area (Å²) in [6, 6.07) is 9.67. The number of rotatable bonds is 4. The van der Waals surface area contributed by atoms with Gasteiger partial charge in [0, 0.05) is 38.9 Å². The van der Waals surface area contributed by atoms with E-state index in [0.717, 1.165) is 11.4 Å². The normalized spacial score (nSPS) is 22.8. The minimum absolute atomic E-state index is 0.0179. The topological polar surface area (TPSA) is 89.3 Å². The number of aryl methyl sites for hydroxylation is 1. The molecule has 7 heteroatoms. The Morgan fingerprint density at radius 1 is 1.15 bits per heavy atom. The first-order valence-corrected chi connectivity index (χ1v) is 11.8. The molecule has 2 atom stereocenters. The zero-order valence-electron chi connectivity index (χ0n) is 19.2. The van der Waals surface area contributed by atoms with E-state index in [2.05, 4.69) is 29.3 Å². The maximum Gasteiger partial charge on any atom is 0.255 e. The van der Waals surface area contributed by atoms with Crippen LogP contribution in [-0.4, -0.2) is 54.4 Å². The number of nitriles is 1. The van der Waals surface area contributed by atoms with Crippen molar-refractivity contribution >= 4 is 17.6 Å². The summed E-state index contributed by atoms with van der Waals surface area (Å²) in [4.78, 5) is 34.2. The van der Waals surface area contributed by atoms with Gasteiger partial charge in [0.25, 0.3) is 5.91 Å². The summed E-state index contributed by atoms with van der Waals surface area (Å²) >= 11 is 0. The summed E-state index contributed by atoms with van der Waals surface area (Å²) in [5, 5.41) is 12.6. The fourth-order valence-electron chi connectivity index (χ4n) is 5.11. The number of pyridine rings is 1. The predicted molar refractivity (Wildman–Crippen MR) is 125 cm³/mol. The van der Waals surface area contributed by atoms with Gasteiger partial charge in [0.2, 0.25) is 5.91 Å². The third-order valence-corrected chi connectivity index (χ3v) is 7.19. The number of carbonyl (C=O) groups excluding carboxylic acids is 2. The first-order valence-electron chi connectivity index (χ1n) is 11.8. The van der Waals surface area contributed by atoms with Crippen molar-refractivity contribution in [2.24, 2.45) is 5.92 Å². The van der Waals surface area contributed by atoms with Crippen LogP contribution in [0.1, 0.15) is 64.2 Å². The molecule has 170 valence electrons. The summed E-state index contributed by atoms with van der Waals surface area (Å²) in [6.45, 7) is 7.34. The van der Waals surface area contributed by atoms with E-state index in [4.69, 9.17) is 4.98 Å². The molecule has 2 aromatic rings. The molecule has 1 aliphatic carbocycles. The Bertz CT molecular complexity index is 1140. The lowest BCUT2D eigenvalue weighted by molar-refractivity contribution is -0.120. The number of hydrogen-bond donors (Lipinski definition) is 1. The quantitative estimate of drug-likeness (QED) is 0.785. The van der Waals surface area contributed by atoms with Crippen molar-refractivity contribution in [2.75, 3.05) is 37.6 Å². The first-order chi connectivity index (χ1) is 16.0. The van der Waals surface area contributed by atoms with Gasteiger partial charge in [0.05, 0.1) is 23.1 Å². The number of anilines is 1. The maximum absolute atomic E-state index is 13.2. The summed E-state index contributed by atoms with van der Waals surface area (Å²) in [5.41, 5.74) is 4.06. The van der Waals surface area contributed by atoms with E-state index in [9.17, 15) is 14.9 Å². The number of carbonyl (C=O) groups is 2. The predicted octanol–water partition coefficient (Wildman–Crippen LogP) is 2.95. The molecular weight excluding hydrogens is 414 g/mol. The zero-order valence-corrected chi connectivity index (χ0v) is 19.2. The fourth-order valence-corrected chi connectivity index (χ4v) is 5.11. The summed E-state index contributed by atoms with van der Waals surface area (Å²) in [7, 11) is 0. The van der Waals surface area contributed by atoms with Crippen LogP contribution in [0.15, 0.2) is 30.5 Å². The van der Waals surface area contributed by atoms with E-state index in [1.807, 2.05) is 24.1 Å². The summed E-state index contributed by atoms with van der Waals surface area (Å²) in [6.07, 6.45) is 4.53. The molecule has 3 fully saturated rings. The molecule has 0 bridgehead atoms. The SMILES string of the molecule is Cc1cc(C2CC2)cnc1N1CCN(C(=O)c2ccc([C@@H]3C(=O)NCC3C)cc2C#N)CC1. The Labute approximate surface area is 194 Å². The van der Waals surface area contributed by atoms with Crippen LogP contribution in [0.4, 0.5) is 5.82 Å². The highest BCUT2D eigenvalue weighted by Gasteiger charge is 2.34. The van der Waals surface area contributed by atoms with Gasteiger partial charge in [-0.2, -0.15) is 5.26 Å². The van der Waals surface area contributed by atoms with Crippen molar-refractivity contribution < 1.29 is 9.59 Å². The van der Waals surface area contributed by atoms with Gasteiger partial charge >= 0.3 is 0 Å². The third-order valence-electron chi connectivity index (χ3n) is 7.19. The highest BCUT2D eigenvalue weighted by molar-refractivity contribution is 5.97. The minimum Gasteiger partial charge on any atom is -0.355 e. The molecule has 0 radical (unpaired) electrons.